The van der Waals surface area contributed by atoms with Gasteiger partial charge in [-0.05, 0) is 18.2 Å². The summed E-state index contributed by atoms with van der Waals surface area (Å²) in [7, 11) is -7.44. The van der Waals surface area contributed by atoms with Crippen LogP contribution in [-0.4, -0.2) is 56.8 Å². The van der Waals surface area contributed by atoms with Gasteiger partial charge in [0.25, 0.3) is 0 Å². The number of sulfone groups is 1. The molecule has 0 bridgehead atoms. The lowest BCUT2D eigenvalue weighted by Crippen LogP contribution is -2.46. The molecule has 1 heterocycles. The third-order valence-corrected chi connectivity index (χ3v) is 6.23. The minimum absolute atomic E-state index is 0.241. The van der Waals surface area contributed by atoms with Crippen LogP contribution in [0.5, 0.6) is 0 Å². The summed E-state index contributed by atoms with van der Waals surface area (Å²) < 4.78 is 63.0. The maximum absolute atomic E-state index is 13.2. The topological polar surface area (TPSA) is 121 Å². The smallest absolute Gasteiger partial charge is 0.337 e. The molecule has 1 aromatic rings. The van der Waals surface area contributed by atoms with Gasteiger partial charge in [-0.25, -0.2) is 17.6 Å². The van der Waals surface area contributed by atoms with Gasteiger partial charge in [0.1, 0.15) is 5.82 Å². The summed E-state index contributed by atoms with van der Waals surface area (Å²) in [5.41, 5.74) is -0.824. The Morgan fingerprint density at radius 2 is 1.86 bits per heavy atom. The van der Waals surface area contributed by atoms with E-state index in [1.54, 1.807) is 0 Å². The molecule has 0 radical (unpaired) electrons. The molecule has 1 aliphatic rings. The van der Waals surface area contributed by atoms with E-state index in [4.69, 9.17) is 5.11 Å². The van der Waals surface area contributed by atoms with Crippen LogP contribution in [0.4, 0.5) is 10.1 Å². The molecule has 2 N–H and O–H groups in total. The Balaban J connectivity index is 2.26. The summed E-state index contributed by atoms with van der Waals surface area (Å²) in [6.45, 7) is -0.481. The molecule has 11 heteroatoms. The zero-order valence-electron chi connectivity index (χ0n) is 11.2. The second-order valence-corrected chi connectivity index (χ2v) is 8.63. The van der Waals surface area contributed by atoms with Crippen LogP contribution in [0.15, 0.2) is 18.2 Å². The quantitative estimate of drug-likeness (QED) is 0.781. The first-order valence-electron chi connectivity index (χ1n) is 6.12. The van der Waals surface area contributed by atoms with Gasteiger partial charge in [0, 0.05) is 13.1 Å². The Morgan fingerprint density at radius 3 is 2.41 bits per heavy atom. The molecule has 0 atom stereocenters. The van der Waals surface area contributed by atoms with Crippen LogP contribution < -0.4 is 4.72 Å². The first-order chi connectivity index (χ1) is 10.1. The molecular formula is C11H13FN2O6S2. The SMILES string of the molecule is O=C(O)c1ccc(F)cc1NS(=O)(=O)N1CCS(=O)(=O)CC1. The van der Waals surface area contributed by atoms with Crippen LogP contribution >= 0.6 is 0 Å². The highest BCUT2D eigenvalue weighted by atomic mass is 32.2. The fourth-order valence-electron chi connectivity index (χ4n) is 1.93. The van der Waals surface area contributed by atoms with E-state index in [1.807, 2.05) is 4.72 Å². The Morgan fingerprint density at radius 1 is 1.27 bits per heavy atom. The number of carbonyl (C=O) groups is 1. The zero-order chi connectivity index (χ0) is 16.5. The van der Waals surface area contributed by atoms with Crippen molar-refractivity contribution in [2.24, 2.45) is 0 Å². The van der Waals surface area contributed by atoms with E-state index in [-0.39, 0.29) is 24.6 Å². The van der Waals surface area contributed by atoms with Gasteiger partial charge in [0.15, 0.2) is 9.84 Å². The van der Waals surface area contributed by atoms with Gasteiger partial charge in [-0.1, -0.05) is 0 Å². The van der Waals surface area contributed by atoms with Crippen molar-refractivity contribution in [3.05, 3.63) is 29.6 Å². The number of carboxylic acids is 1. The van der Waals surface area contributed by atoms with Crippen LogP contribution in [0.1, 0.15) is 10.4 Å². The molecule has 0 aromatic heterocycles. The van der Waals surface area contributed by atoms with Gasteiger partial charge >= 0.3 is 16.2 Å². The second kappa shape index (κ2) is 5.82. The highest BCUT2D eigenvalue weighted by Gasteiger charge is 2.30. The van der Waals surface area contributed by atoms with Crippen LogP contribution in [-0.2, 0) is 20.0 Å². The molecule has 2 rings (SSSR count). The average molecular weight is 352 g/mol. The summed E-state index contributed by atoms with van der Waals surface area (Å²) in [5, 5.41) is 8.98. The van der Waals surface area contributed by atoms with Gasteiger partial charge in [0.05, 0.1) is 22.8 Å². The molecule has 22 heavy (non-hydrogen) atoms. The molecule has 1 aliphatic heterocycles. The Hall–Kier alpha value is -1.72. The summed E-state index contributed by atoms with van der Waals surface area (Å²) in [5.74, 6) is -2.85. The van der Waals surface area contributed by atoms with Gasteiger partial charge in [0.2, 0.25) is 0 Å². The Bertz CT molecular complexity index is 792. The first kappa shape index (κ1) is 16.6. The minimum atomic E-state index is -4.17. The van der Waals surface area contributed by atoms with E-state index < -0.39 is 43.1 Å². The fourth-order valence-corrected chi connectivity index (χ4v) is 4.60. The standard InChI is InChI=1S/C11H13FN2O6S2/c12-8-1-2-9(11(15)16)10(7-8)13-22(19,20)14-3-5-21(17,18)6-4-14/h1-2,7,13H,3-6H2,(H,15,16). The first-order valence-corrected chi connectivity index (χ1v) is 9.38. The van der Waals surface area contributed by atoms with Crippen molar-refractivity contribution < 1.29 is 31.1 Å². The lowest BCUT2D eigenvalue weighted by atomic mass is 10.2. The zero-order valence-corrected chi connectivity index (χ0v) is 12.8. The number of anilines is 1. The van der Waals surface area contributed by atoms with Crippen molar-refractivity contribution in [3.63, 3.8) is 0 Å². The van der Waals surface area contributed by atoms with E-state index in [2.05, 4.69) is 0 Å². The number of nitrogens with zero attached hydrogens (tertiary/aromatic N) is 1. The fraction of sp³-hybridized carbons (Fsp3) is 0.364. The Kier molecular flexibility index (Phi) is 4.40. The molecule has 122 valence electrons. The molecule has 1 saturated heterocycles. The van der Waals surface area contributed by atoms with Crippen molar-refractivity contribution >= 4 is 31.7 Å². The normalized spacial score (nSPS) is 18.8. The van der Waals surface area contributed by atoms with Gasteiger partial charge in [-0.2, -0.15) is 12.7 Å². The summed E-state index contributed by atoms with van der Waals surface area (Å²) in [6.07, 6.45) is 0. The summed E-state index contributed by atoms with van der Waals surface area (Å²) in [4.78, 5) is 11.0. The number of rotatable bonds is 4. The molecule has 1 aromatic carbocycles. The number of nitrogens with one attached hydrogen (secondary N) is 1. The largest absolute Gasteiger partial charge is 0.478 e. The van der Waals surface area contributed by atoms with Gasteiger partial charge < -0.3 is 5.11 Å². The molecule has 0 spiro atoms. The molecule has 0 saturated carbocycles. The second-order valence-electron chi connectivity index (χ2n) is 4.65. The van der Waals surface area contributed by atoms with Crippen LogP contribution in [0.3, 0.4) is 0 Å². The third-order valence-electron chi connectivity index (χ3n) is 3.09. The summed E-state index contributed by atoms with van der Waals surface area (Å²) in [6, 6.07) is 2.59. The van der Waals surface area contributed by atoms with Crippen molar-refractivity contribution in [1.29, 1.82) is 0 Å². The number of carboxylic acid groups (broad SMARTS) is 1. The number of aromatic carboxylic acids is 1. The highest BCUT2D eigenvalue weighted by Crippen LogP contribution is 2.20. The van der Waals surface area contributed by atoms with Crippen molar-refractivity contribution in [1.82, 2.24) is 4.31 Å². The van der Waals surface area contributed by atoms with Crippen molar-refractivity contribution in [2.45, 2.75) is 0 Å². The van der Waals surface area contributed by atoms with E-state index in [0.29, 0.717) is 0 Å². The van der Waals surface area contributed by atoms with Gasteiger partial charge in [-0.15, -0.1) is 0 Å². The average Bonchev–Trinajstić information content (AvgIpc) is 2.37. The molecule has 0 unspecified atom stereocenters. The molecular weight excluding hydrogens is 339 g/mol. The lowest BCUT2D eigenvalue weighted by Gasteiger charge is -2.26. The number of hydrogen-bond donors (Lipinski definition) is 2. The minimum Gasteiger partial charge on any atom is -0.478 e. The molecule has 0 amide bonds. The maximum atomic E-state index is 13.2. The number of hydrogen-bond acceptors (Lipinski definition) is 5. The third kappa shape index (κ3) is 3.72. The number of halogens is 1. The maximum Gasteiger partial charge on any atom is 0.337 e. The molecule has 8 nitrogen and oxygen atoms in total. The van der Waals surface area contributed by atoms with Crippen LogP contribution in [0.2, 0.25) is 0 Å². The van der Waals surface area contributed by atoms with Crippen molar-refractivity contribution in [3.8, 4) is 0 Å². The lowest BCUT2D eigenvalue weighted by molar-refractivity contribution is 0.0698. The van der Waals surface area contributed by atoms with E-state index in [0.717, 1.165) is 22.5 Å². The van der Waals surface area contributed by atoms with E-state index in [1.165, 1.54) is 0 Å². The summed E-state index contributed by atoms with van der Waals surface area (Å²) >= 11 is 0. The monoisotopic (exact) mass is 352 g/mol. The Labute approximate surface area is 126 Å². The van der Waals surface area contributed by atoms with Crippen LogP contribution in [0, 0.1) is 5.82 Å². The molecule has 0 aliphatic carbocycles. The molecule has 1 fully saturated rings. The van der Waals surface area contributed by atoms with Crippen molar-refractivity contribution in [2.75, 3.05) is 29.3 Å². The highest BCUT2D eigenvalue weighted by molar-refractivity contribution is 7.92. The van der Waals surface area contributed by atoms with Crippen LogP contribution in [0.25, 0.3) is 0 Å². The predicted octanol–water partition coefficient (Wildman–Crippen LogP) is -0.0890. The number of benzene rings is 1. The van der Waals surface area contributed by atoms with E-state index >= 15 is 0 Å². The van der Waals surface area contributed by atoms with Gasteiger partial charge in [-0.3, -0.25) is 4.72 Å². The predicted molar refractivity (Wildman–Crippen MR) is 76.1 cm³/mol. The van der Waals surface area contributed by atoms with E-state index in [9.17, 15) is 26.0 Å².